The lowest BCUT2D eigenvalue weighted by molar-refractivity contribution is -0.303. The predicted octanol–water partition coefficient (Wildman–Crippen LogP) is 3.82. The van der Waals surface area contributed by atoms with Crippen molar-refractivity contribution in [2.45, 2.75) is 45.0 Å². The average molecular weight is 418 g/mol. The number of nitrogens with one attached hydrogen (secondary N) is 2. The Hall–Kier alpha value is -2.55. The van der Waals surface area contributed by atoms with E-state index >= 15 is 0 Å². The number of allylic oxidation sites excluding steroid dienone is 2. The van der Waals surface area contributed by atoms with Crippen LogP contribution in [-0.2, 0) is 9.53 Å². The van der Waals surface area contributed by atoms with E-state index in [0.717, 1.165) is 0 Å². The number of aromatic nitrogens is 1. The Morgan fingerprint density at radius 1 is 1.36 bits per heavy atom. The number of ether oxygens (including phenoxy) is 1. The molecule has 152 valence electrons. The summed E-state index contributed by atoms with van der Waals surface area (Å²) in [5, 5.41) is 4.52. The van der Waals surface area contributed by atoms with Gasteiger partial charge >= 0.3 is 6.36 Å². The first-order chi connectivity index (χ1) is 12.9. The maximum atomic E-state index is 12.5. The summed E-state index contributed by atoms with van der Waals surface area (Å²) in [6.07, 6.45) is -2.18. The Morgan fingerprint density at radius 2 is 2.04 bits per heavy atom. The molecule has 1 aromatic rings. The molecule has 28 heavy (non-hydrogen) atoms. The maximum absolute atomic E-state index is 12.5. The van der Waals surface area contributed by atoms with Crippen molar-refractivity contribution in [2.75, 3.05) is 5.32 Å². The Bertz CT molecular complexity index is 837. The molecule has 2 unspecified atom stereocenters. The summed E-state index contributed by atoms with van der Waals surface area (Å²) in [6, 6.07) is 2.35. The van der Waals surface area contributed by atoms with Crippen molar-refractivity contribution >= 4 is 29.2 Å². The Morgan fingerprint density at radius 3 is 2.64 bits per heavy atom. The second kappa shape index (κ2) is 8.64. The van der Waals surface area contributed by atoms with Gasteiger partial charge in [-0.05, 0) is 50.1 Å². The molecule has 0 spiro atoms. The molecule has 1 aliphatic carbocycles. The standard InChI is InChI=1S/C18H19ClF3N3O3/c1-9-4-13(7-16(23-9)25-11(3)26)17(27)24-10(2)12-5-14(19)8-15(6-12)28-18(20,21)22/h4,6-8,10,14H,5H2,1-3H3,(H,24,27)(H,23,25,26). The number of rotatable bonds is 5. The summed E-state index contributed by atoms with van der Waals surface area (Å²) < 4.78 is 41.3. The molecule has 1 aromatic heterocycles. The molecule has 1 heterocycles. The number of halogens is 4. The number of amides is 2. The number of hydrogen-bond acceptors (Lipinski definition) is 4. The van der Waals surface area contributed by atoms with Crippen LogP contribution in [0.2, 0.25) is 0 Å². The molecule has 0 bridgehead atoms. The van der Waals surface area contributed by atoms with Crippen molar-refractivity contribution < 1.29 is 27.5 Å². The molecule has 2 amide bonds. The Labute approximate surface area is 164 Å². The summed E-state index contributed by atoms with van der Waals surface area (Å²) >= 11 is 6.00. The zero-order chi connectivity index (χ0) is 21.1. The van der Waals surface area contributed by atoms with Gasteiger partial charge in [0, 0.05) is 24.2 Å². The minimum Gasteiger partial charge on any atom is -0.406 e. The lowest BCUT2D eigenvalue weighted by Crippen LogP contribution is -2.35. The second-order valence-corrected chi connectivity index (χ2v) is 6.88. The number of anilines is 1. The molecule has 0 aliphatic heterocycles. The van der Waals surface area contributed by atoms with E-state index in [9.17, 15) is 22.8 Å². The molecule has 1 aliphatic rings. The van der Waals surface area contributed by atoms with E-state index in [1.165, 1.54) is 31.2 Å². The Kier molecular flexibility index (Phi) is 6.71. The van der Waals surface area contributed by atoms with Gasteiger partial charge in [0.15, 0.2) is 0 Å². The van der Waals surface area contributed by atoms with Gasteiger partial charge in [-0.1, -0.05) is 0 Å². The van der Waals surface area contributed by atoms with Crippen LogP contribution in [0.3, 0.4) is 0 Å². The van der Waals surface area contributed by atoms with Crippen LogP contribution in [0.15, 0.2) is 35.6 Å². The van der Waals surface area contributed by atoms with Gasteiger partial charge in [0.05, 0.1) is 5.38 Å². The molecule has 10 heteroatoms. The van der Waals surface area contributed by atoms with Crippen LogP contribution in [0, 0.1) is 6.92 Å². The highest BCUT2D eigenvalue weighted by Gasteiger charge is 2.33. The van der Waals surface area contributed by atoms with Gasteiger partial charge in [-0.3, -0.25) is 9.59 Å². The highest BCUT2D eigenvalue weighted by molar-refractivity contribution is 6.22. The van der Waals surface area contributed by atoms with Gasteiger partial charge in [-0.25, -0.2) is 4.98 Å². The summed E-state index contributed by atoms with van der Waals surface area (Å²) in [7, 11) is 0. The minimum absolute atomic E-state index is 0.229. The zero-order valence-corrected chi connectivity index (χ0v) is 16.1. The lowest BCUT2D eigenvalue weighted by atomic mass is 9.97. The second-order valence-electron chi connectivity index (χ2n) is 6.31. The topological polar surface area (TPSA) is 80.3 Å². The first-order valence-electron chi connectivity index (χ1n) is 8.32. The quantitative estimate of drug-likeness (QED) is 0.714. The molecule has 0 saturated carbocycles. The minimum atomic E-state index is -4.83. The van der Waals surface area contributed by atoms with Gasteiger partial charge in [0.2, 0.25) is 5.91 Å². The molecular weight excluding hydrogens is 399 g/mol. The monoisotopic (exact) mass is 417 g/mol. The number of pyridine rings is 1. The number of alkyl halides is 4. The van der Waals surface area contributed by atoms with Crippen LogP contribution in [0.1, 0.15) is 36.3 Å². The molecular formula is C18H19ClF3N3O3. The number of aryl methyl sites for hydroxylation is 1. The molecule has 2 atom stereocenters. The number of hydrogen-bond donors (Lipinski definition) is 2. The summed E-state index contributed by atoms with van der Waals surface area (Å²) in [4.78, 5) is 27.8. The fourth-order valence-electron chi connectivity index (χ4n) is 2.67. The van der Waals surface area contributed by atoms with Crippen LogP contribution >= 0.6 is 11.6 Å². The summed E-state index contributed by atoms with van der Waals surface area (Å²) in [5.41, 5.74) is 1.26. The van der Waals surface area contributed by atoms with E-state index in [4.69, 9.17) is 11.6 Å². The van der Waals surface area contributed by atoms with Crippen LogP contribution in [0.5, 0.6) is 0 Å². The summed E-state index contributed by atoms with van der Waals surface area (Å²) in [5.74, 6) is -0.985. The van der Waals surface area contributed by atoms with Crippen LogP contribution in [0.4, 0.5) is 19.0 Å². The van der Waals surface area contributed by atoms with Crippen LogP contribution < -0.4 is 10.6 Å². The third-order valence-corrected chi connectivity index (χ3v) is 4.04. The van der Waals surface area contributed by atoms with Crippen molar-refractivity contribution in [3.05, 3.63) is 46.9 Å². The first-order valence-corrected chi connectivity index (χ1v) is 8.76. The van der Waals surface area contributed by atoms with E-state index in [1.54, 1.807) is 13.8 Å². The van der Waals surface area contributed by atoms with Gasteiger partial charge in [-0.15, -0.1) is 24.8 Å². The highest BCUT2D eigenvalue weighted by atomic mass is 35.5. The van der Waals surface area contributed by atoms with Gasteiger partial charge < -0.3 is 15.4 Å². The zero-order valence-electron chi connectivity index (χ0n) is 15.4. The molecule has 2 rings (SSSR count). The smallest absolute Gasteiger partial charge is 0.406 e. The normalized spacial score (nSPS) is 17.9. The molecule has 2 N–H and O–H groups in total. The number of nitrogens with zero attached hydrogens (tertiary/aromatic N) is 1. The molecule has 0 saturated heterocycles. The van der Waals surface area contributed by atoms with Crippen molar-refractivity contribution in [3.8, 4) is 0 Å². The SMILES string of the molecule is CC(=O)Nc1cc(C(=O)NC(C)C2=CC(OC(F)(F)F)=CC(Cl)C2)cc(C)n1. The lowest BCUT2D eigenvalue weighted by Gasteiger charge is -2.24. The molecule has 0 aromatic carbocycles. The highest BCUT2D eigenvalue weighted by Crippen LogP contribution is 2.29. The third kappa shape index (κ3) is 6.56. The van der Waals surface area contributed by atoms with Crippen molar-refractivity contribution in [1.82, 2.24) is 10.3 Å². The van der Waals surface area contributed by atoms with Crippen LogP contribution in [-0.4, -0.2) is 34.6 Å². The summed E-state index contributed by atoms with van der Waals surface area (Å²) in [6.45, 7) is 4.61. The first kappa shape index (κ1) is 21.7. The largest absolute Gasteiger partial charge is 0.573 e. The van der Waals surface area contributed by atoms with E-state index in [0.29, 0.717) is 11.3 Å². The van der Waals surface area contributed by atoms with Crippen LogP contribution in [0.25, 0.3) is 0 Å². The van der Waals surface area contributed by atoms with Gasteiger partial charge in [0.25, 0.3) is 5.91 Å². The van der Waals surface area contributed by atoms with E-state index < -0.39 is 29.4 Å². The third-order valence-electron chi connectivity index (χ3n) is 3.76. The van der Waals surface area contributed by atoms with E-state index in [2.05, 4.69) is 20.4 Å². The van der Waals surface area contributed by atoms with Gasteiger partial charge in [-0.2, -0.15) is 0 Å². The predicted molar refractivity (Wildman–Crippen MR) is 97.8 cm³/mol. The van der Waals surface area contributed by atoms with Gasteiger partial charge in [0.1, 0.15) is 11.6 Å². The number of carbonyl (C=O) groups is 2. The van der Waals surface area contributed by atoms with Crippen molar-refractivity contribution in [3.63, 3.8) is 0 Å². The maximum Gasteiger partial charge on any atom is 0.573 e. The van der Waals surface area contributed by atoms with E-state index in [1.807, 2.05) is 0 Å². The van der Waals surface area contributed by atoms with Crippen molar-refractivity contribution in [2.24, 2.45) is 0 Å². The molecule has 0 fully saturated rings. The average Bonchev–Trinajstić information content (AvgIpc) is 2.51. The molecule has 6 nitrogen and oxygen atoms in total. The molecule has 0 radical (unpaired) electrons. The fraction of sp³-hybridized carbons (Fsp3) is 0.389. The fourth-order valence-corrected chi connectivity index (χ4v) is 2.97. The van der Waals surface area contributed by atoms with E-state index in [-0.39, 0.29) is 23.7 Å². The van der Waals surface area contributed by atoms with Crippen molar-refractivity contribution in [1.29, 1.82) is 0 Å². The number of carbonyl (C=O) groups excluding carboxylic acids is 2. The Balaban J connectivity index is 2.14.